The second-order valence-electron chi connectivity index (χ2n) is 7.47. The zero-order valence-electron chi connectivity index (χ0n) is 17.4. The van der Waals surface area contributed by atoms with E-state index < -0.39 is 23.5 Å². The molecule has 0 radical (unpaired) electrons. The smallest absolute Gasteiger partial charge is 0.295 e. The number of thiophene rings is 1. The molecule has 168 valence electrons. The van der Waals surface area contributed by atoms with Crippen molar-refractivity contribution in [1.29, 1.82) is 0 Å². The number of Topliss-reactive ketones (excluding diaryl/α,β-unsaturated/α-hetero) is 1. The second-order valence-corrected chi connectivity index (χ2v) is 8.50. The number of benzene rings is 2. The Balaban J connectivity index is 1.69. The van der Waals surface area contributed by atoms with Gasteiger partial charge < -0.3 is 24.2 Å². The van der Waals surface area contributed by atoms with Crippen LogP contribution in [-0.2, 0) is 16.1 Å². The first-order valence-corrected chi connectivity index (χ1v) is 10.9. The molecule has 1 unspecified atom stereocenters. The third-order valence-electron chi connectivity index (χ3n) is 5.56. The standard InChI is InChI=1S/C24H18FNO6S/c1-30-17-9-14(10-18-23(17)32-12-31-18)20-19(21(27)13-4-6-15(25)7-5-13)22(28)24(29)26(20)11-16-3-2-8-33-16/h2-10,20,27H,11-12H2,1H3/b21-19+. The Hall–Kier alpha value is -3.85. The number of likely N-dealkylation sites (tertiary alicyclic amines) is 1. The Bertz CT molecular complexity index is 1270. The van der Waals surface area contributed by atoms with E-state index in [1.54, 1.807) is 12.1 Å². The Morgan fingerprint density at radius 3 is 2.70 bits per heavy atom. The molecule has 9 heteroatoms. The van der Waals surface area contributed by atoms with Crippen molar-refractivity contribution in [1.82, 2.24) is 4.90 Å². The Labute approximate surface area is 192 Å². The minimum Gasteiger partial charge on any atom is -0.507 e. The molecule has 5 rings (SSSR count). The number of nitrogens with zero attached hydrogens (tertiary/aromatic N) is 1. The van der Waals surface area contributed by atoms with Crippen LogP contribution in [0.5, 0.6) is 17.2 Å². The van der Waals surface area contributed by atoms with E-state index in [0.717, 1.165) is 4.88 Å². The van der Waals surface area contributed by atoms with Gasteiger partial charge in [-0.25, -0.2) is 4.39 Å². The van der Waals surface area contributed by atoms with Gasteiger partial charge in [-0.2, -0.15) is 0 Å². The SMILES string of the molecule is COc1cc(C2/C(=C(\O)c3ccc(F)cc3)C(=O)C(=O)N2Cc2cccs2)cc2c1OCO2. The van der Waals surface area contributed by atoms with Crippen molar-refractivity contribution in [2.75, 3.05) is 13.9 Å². The van der Waals surface area contributed by atoms with Crippen molar-refractivity contribution in [3.8, 4) is 17.2 Å². The van der Waals surface area contributed by atoms with E-state index in [1.165, 1.54) is 47.6 Å². The number of methoxy groups -OCH3 is 1. The lowest BCUT2D eigenvalue weighted by atomic mass is 9.94. The summed E-state index contributed by atoms with van der Waals surface area (Å²) >= 11 is 1.45. The van der Waals surface area contributed by atoms with Crippen LogP contribution in [0.2, 0.25) is 0 Å². The highest BCUT2D eigenvalue weighted by Gasteiger charge is 2.47. The largest absolute Gasteiger partial charge is 0.507 e. The summed E-state index contributed by atoms with van der Waals surface area (Å²) in [7, 11) is 1.47. The molecule has 2 aromatic carbocycles. The maximum atomic E-state index is 13.4. The van der Waals surface area contributed by atoms with Gasteiger partial charge in [-0.1, -0.05) is 6.07 Å². The minimum absolute atomic E-state index is 0.0140. The number of ether oxygens (including phenoxy) is 3. The summed E-state index contributed by atoms with van der Waals surface area (Å²) in [6.07, 6.45) is 0. The second kappa shape index (κ2) is 8.25. The average Bonchev–Trinajstić information content (AvgIpc) is 3.55. The topological polar surface area (TPSA) is 85.3 Å². The number of rotatable bonds is 5. The zero-order chi connectivity index (χ0) is 23.1. The minimum atomic E-state index is -0.916. The van der Waals surface area contributed by atoms with Crippen LogP contribution in [-0.4, -0.2) is 35.6 Å². The van der Waals surface area contributed by atoms with E-state index in [4.69, 9.17) is 14.2 Å². The molecule has 2 aliphatic heterocycles. The molecular weight excluding hydrogens is 449 g/mol. The van der Waals surface area contributed by atoms with E-state index in [2.05, 4.69) is 0 Å². The average molecular weight is 467 g/mol. The molecule has 1 saturated heterocycles. The van der Waals surface area contributed by atoms with Crippen molar-refractivity contribution < 1.29 is 33.3 Å². The van der Waals surface area contributed by atoms with Gasteiger partial charge in [0.1, 0.15) is 11.6 Å². The van der Waals surface area contributed by atoms with Crippen LogP contribution in [0, 0.1) is 5.82 Å². The molecule has 0 saturated carbocycles. The highest BCUT2D eigenvalue weighted by molar-refractivity contribution is 7.09. The van der Waals surface area contributed by atoms with Crippen LogP contribution in [0.1, 0.15) is 22.0 Å². The molecule has 33 heavy (non-hydrogen) atoms. The van der Waals surface area contributed by atoms with Gasteiger partial charge in [0.05, 0.1) is 25.3 Å². The zero-order valence-corrected chi connectivity index (χ0v) is 18.2. The summed E-state index contributed by atoms with van der Waals surface area (Å²) < 4.78 is 29.8. The summed E-state index contributed by atoms with van der Waals surface area (Å²) in [6, 6.07) is 11.2. The van der Waals surface area contributed by atoms with Gasteiger partial charge in [-0.3, -0.25) is 9.59 Å². The first-order chi connectivity index (χ1) is 16.0. The van der Waals surface area contributed by atoms with Crippen molar-refractivity contribution >= 4 is 28.8 Å². The van der Waals surface area contributed by atoms with Gasteiger partial charge in [-0.15, -0.1) is 11.3 Å². The van der Waals surface area contributed by atoms with Crippen molar-refractivity contribution in [2.24, 2.45) is 0 Å². The summed E-state index contributed by atoms with van der Waals surface area (Å²) in [5.41, 5.74) is 0.642. The fourth-order valence-electron chi connectivity index (χ4n) is 4.03. The van der Waals surface area contributed by atoms with Crippen LogP contribution in [0.15, 0.2) is 59.5 Å². The molecule has 1 N–H and O–H groups in total. The molecule has 1 atom stereocenters. The van der Waals surface area contributed by atoms with E-state index in [0.29, 0.717) is 22.8 Å². The lowest BCUT2D eigenvalue weighted by molar-refractivity contribution is -0.140. The molecular formula is C24H18FNO6S. The molecule has 1 aromatic heterocycles. The summed E-state index contributed by atoms with van der Waals surface area (Å²) in [5.74, 6) is -1.22. The fraction of sp³-hybridized carbons (Fsp3) is 0.167. The molecule has 2 aliphatic rings. The van der Waals surface area contributed by atoms with Crippen LogP contribution >= 0.6 is 11.3 Å². The van der Waals surface area contributed by atoms with Gasteiger partial charge in [0.15, 0.2) is 11.5 Å². The first-order valence-electron chi connectivity index (χ1n) is 10.0. The molecule has 1 fully saturated rings. The number of carbonyl (C=O) groups excluding carboxylic acids is 2. The van der Waals surface area contributed by atoms with Crippen LogP contribution in [0.4, 0.5) is 4.39 Å². The number of amides is 1. The number of hydrogen-bond acceptors (Lipinski definition) is 7. The normalized spacial score (nSPS) is 18.7. The number of aliphatic hydroxyl groups excluding tert-OH is 1. The predicted octanol–water partition coefficient (Wildman–Crippen LogP) is 4.25. The van der Waals surface area contributed by atoms with Crippen LogP contribution in [0.3, 0.4) is 0 Å². The van der Waals surface area contributed by atoms with Crippen molar-refractivity contribution in [3.63, 3.8) is 0 Å². The van der Waals surface area contributed by atoms with Gasteiger partial charge in [-0.05, 0) is 53.4 Å². The summed E-state index contributed by atoms with van der Waals surface area (Å²) in [4.78, 5) is 28.5. The van der Waals surface area contributed by atoms with Gasteiger partial charge in [0.25, 0.3) is 11.7 Å². The quantitative estimate of drug-likeness (QED) is 0.343. The first kappa shape index (κ1) is 21.0. The van der Waals surface area contributed by atoms with E-state index in [-0.39, 0.29) is 30.2 Å². The summed E-state index contributed by atoms with van der Waals surface area (Å²) in [6.45, 7) is 0.184. The molecule has 3 aromatic rings. The lowest BCUT2D eigenvalue weighted by Crippen LogP contribution is -2.28. The number of halogens is 1. The number of aliphatic hydroxyl groups is 1. The third-order valence-corrected chi connectivity index (χ3v) is 6.42. The molecule has 0 aliphatic carbocycles. The van der Waals surface area contributed by atoms with E-state index in [1.807, 2.05) is 17.5 Å². The highest BCUT2D eigenvalue weighted by Crippen LogP contribution is 2.47. The van der Waals surface area contributed by atoms with Crippen LogP contribution in [0.25, 0.3) is 5.76 Å². The van der Waals surface area contributed by atoms with Crippen molar-refractivity contribution in [3.05, 3.63) is 81.3 Å². The molecule has 7 nitrogen and oxygen atoms in total. The van der Waals surface area contributed by atoms with Gasteiger partial charge in [0, 0.05) is 10.4 Å². The van der Waals surface area contributed by atoms with Crippen molar-refractivity contribution in [2.45, 2.75) is 12.6 Å². The Kier molecular flexibility index (Phi) is 5.26. The number of fused-ring (bicyclic) bond motifs is 1. The van der Waals surface area contributed by atoms with E-state index >= 15 is 0 Å². The molecule has 0 spiro atoms. The predicted molar refractivity (Wildman–Crippen MR) is 118 cm³/mol. The maximum Gasteiger partial charge on any atom is 0.295 e. The lowest BCUT2D eigenvalue weighted by Gasteiger charge is -2.25. The summed E-state index contributed by atoms with van der Waals surface area (Å²) in [5, 5.41) is 12.9. The van der Waals surface area contributed by atoms with Gasteiger partial charge in [0.2, 0.25) is 12.5 Å². The third kappa shape index (κ3) is 3.60. The fourth-order valence-corrected chi connectivity index (χ4v) is 4.73. The Morgan fingerprint density at radius 1 is 1.21 bits per heavy atom. The van der Waals surface area contributed by atoms with E-state index in [9.17, 15) is 19.1 Å². The van der Waals surface area contributed by atoms with Crippen LogP contribution < -0.4 is 14.2 Å². The highest BCUT2D eigenvalue weighted by atomic mass is 32.1. The number of ketones is 1. The molecule has 1 amide bonds. The molecule has 3 heterocycles. The molecule has 0 bridgehead atoms. The van der Waals surface area contributed by atoms with Gasteiger partial charge >= 0.3 is 0 Å². The number of hydrogen-bond donors (Lipinski definition) is 1. The maximum absolute atomic E-state index is 13.4. The monoisotopic (exact) mass is 467 g/mol. The Morgan fingerprint density at radius 2 is 2.00 bits per heavy atom. The number of carbonyl (C=O) groups is 2.